The first kappa shape index (κ1) is 12.7. The predicted octanol–water partition coefficient (Wildman–Crippen LogP) is 1.87. The molecule has 0 spiro atoms. The van der Waals surface area contributed by atoms with E-state index in [1.54, 1.807) is 32.4 Å². The van der Waals surface area contributed by atoms with Crippen LogP contribution in [-0.2, 0) is 9.53 Å². The molecule has 0 radical (unpaired) electrons. The highest BCUT2D eigenvalue weighted by molar-refractivity contribution is 5.71. The molecular weight excluding hydrogens is 236 g/mol. The van der Waals surface area contributed by atoms with E-state index in [0.717, 1.165) is 5.56 Å². The summed E-state index contributed by atoms with van der Waals surface area (Å²) in [4.78, 5) is 11.2. The number of hydrogen-bond donors (Lipinski definition) is 1. The first-order chi connectivity index (χ1) is 8.67. The van der Waals surface area contributed by atoms with Crippen molar-refractivity contribution in [2.45, 2.75) is 12.5 Å². The minimum Gasteiger partial charge on any atom is -0.497 e. The second-order valence-corrected chi connectivity index (χ2v) is 4.13. The van der Waals surface area contributed by atoms with E-state index in [2.05, 4.69) is 0 Å². The minimum atomic E-state index is -0.845. The van der Waals surface area contributed by atoms with Crippen LogP contribution in [0.4, 0.5) is 0 Å². The van der Waals surface area contributed by atoms with E-state index in [1.165, 1.54) is 0 Å². The zero-order chi connectivity index (χ0) is 13.1. The van der Waals surface area contributed by atoms with E-state index < -0.39 is 18.0 Å². The minimum absolute atomic E-state index is 0.446. The number of hydrogen-bond acceptors (Lipinski definition) is 4. The van der Waals surface area contributed by atoms with Crippen molar-refractivity contribution in [2.75, 3.05) is 20.8 Å². The van der Waals surface area contributed by atoms with E-state index in [9.17, 15) is 9.90 Å². The Hall–Kier alpha value is -1.75. The molecule has 1 saturated heterocycles. The van der Waals surface area contributed by atoms with Gasteiger partial charge in [-0.25, -0.2) is 0 Å². The second kappa shape index (κ2) is 5.27. The first-order valence-corrected chi connectivity index (χ1v) is 5.73. The van der Waals surface area contributed by atoms with Crippen LogP contribution in [0.3, 0.4) is 0 Å². The summed E-state index contributed by atoms with van der Waals surface area (Å²) in [6.45, 7) is 0.446. The van der Waals surface area contributed by atoms with Gasteiger partial charge < -0.3 is 19.3 Å². The van der Waals surface area contributed by atoms with Crippen LogP contribution < -0.4 is 9.47 Å². The highest BCUT2D eigenvalue weighted by Crippen LogP contribution is 2.40. The van der Waals surface area contributed by atoms with Crippen molar-refractivity contribution >= 4 is 5.97 Å². The Bertz CT molecular complexity index is 443. The highest BCUT2D eigenvalue weighted by Gasteiger charge is 2.37. The van der Waals surface area contributed by atoms with Gasteiger partial charge in [-0.1, -0.05) is 0 Å². The maximum atomic E-state index is 11.2. The van der Waals surface area contributed by atoms with E-state index in [4.69, 9.17) is 14.2 Å². The molecule has 0 aliphatic carbocycles. The Morgan fingerprint density at radius 2 is 2.17 bits per heavy atom. The number of carboxylic acids is 1. The molecule has 1 aliphatic rings. The van der Waals surface area contributed by atoms with E-state index in [-0.39, 0.29) is 0 Å². The number of ether oxygens (including phenoxy) is 3. The molecule has 0 saturated carbocycles. The predicted molar refractivity (Wildman–Crippen MR) is 64.0 cm³/mol. The van der Waals surface area contributed by atoms with Gasteiger partial charge in [-0.05, 0) is 24.6 Å². The molecule has 1 aliphatic heterocycles. The number of methoxy groups -OCH3 is 2. The summed E-state index contributed by atoms with van der Waals surface area (Å²) in [6.07, 6.45) is 0.0351. The number of rotatable bonds is 4. The van der Waals surface area contributed by atoms with Crippen LogP contribution in [0.5, 0.6) is 11.5 Å². The van der Waals surface area contributed by atoms with Crippen LogP contribution in [0.15, 0.2) is 18.2 Å². The molecule has 2 atom stereocenters. The van der Waals surface area contributed by atoms with Gasteiger partial charge in [0.2, 0.25) is 0 Å². The molecule has 1 aromatic rings. The van der Waals surface area contributed by atoms with Crippen molar-refractivity contribution in [2.24, 2.45) is 5.92 Å². The quantitative estimate of drug-likeness (QED) is 0.886. The summed E-state index contributed by atoms with van der Waals surface area (Å²) >= 11 is 0. The van der Waals surface area contributed by atoms with Crippen LogP contribution in [0.25, 0.3) is 0 Å². The van der Waals surface area contributed by atoms with Crippen molar-refractivity contribution in [3.05, 3.63) is 23.8 Å². The molecule has 5 nitrogen and oxygen atoms in total. The van der Waals surface area contributed by atoms with Crippen molar-refractivity contribution in [3.8, 4) is 11.5 Å². The Morgan fingerprint density at radius 1 is 1.39 bits per heavy atom. The molecule has 18 heavy (non-hydrogen) atoms. The highest BCUT2D eigenvalue weighted by atomic mass is 16.5. The molecule has 1 N–H and O–H groups in total. The van der Waals surface area contributed by atoms with Gasteiger partial charge in [0.1, 0.15) is 11.5 Å². The Balaban J connectivity index is 2.38. The SMILES string of the molecule is COc1ccc(OC)c(C2OCCC2C(=O)O)c1. The number of aliphatic carboxylic acids is 1. The van der Waals surface area contributed by atoms with E-state index in [0.29, 0.717) is 24.5 Å². The summed E-state index contributed by atoms with van der Waals surface area (Å²) in [5, 5.41) is 9.18. The summed E-state index contributed by atoms with van der Waals surface area (Å²) in [5.41, 5.74) is 0.724. The van der Waals surface area contributed by atoms with E-state index in [1.807, 2.05) is 0 Å². The first-order valence-electron chi connectivity index (χ1n) is 5.73. The molecular formula is C13H16O5. The van der Waals surface area contributed by atoms with Crippen molar-refractivity contribution in [1.29, 1.82) is 0 Å². The molecule has 1 aromatic carbocycles. The van der Waals surface area contributed by atoms with Gasteiger partial charge in [0, 0.05) is 12.2 Å². The van der Waals surface area contributed by atoms with Gasteiger partial charge in [0.05, 0.1) is 26.2 Å². The molecule has 0 amide bonds. The van der Waals surface area contributed by atoms with Crippen LogP contribution in [-0.4, -0.2) is 31.9 Å². The smallest absolute Gasteiger partial charge is 0.309 e. The summed E-state index contributed by atoms with van der Waals surface area (Å²) in [6, 6.07) is 5.30. The third kappa shape index (κ3) is 2.26. The zero-order valence-corrected chi connectivity index (χ0v) is 10.4. The summed E-state index contributed by atoms with van der Waals surface area (Å²) < 4.78 is 15.9. The van der Waals surface area contributed by atoms with Gasteiger partial charge in [-0.15, -0.1) is 0 Å². The number of carboxylic acid groups (broad SMARTS) is 1. The molecule has 0 bridgehead atoms. The van der Waals surface area contributed by atoms with Crippen LogP contribution in [0.2, 0.25) is 0 Å². The average Bonchev–Trinajstić information content (AvgIpc) is 2.87. The van der Waals surface area contributed by atoms with Crippen LogP contribution in [0.1, 0.15) is 18.1 Å². The fourth-order valence-corrected chi connectivity index (χ4v) is 2.21. The van der Waals surface area contributed by atoms with Gasteiger partial charge in [0.25, 0.3) is 0 Å². The number of carbonyl (C=O) groups is 1. The lowest BCUT2D eigenvalue weighted by Gasteiger charge is -2.19. The normalized spacial score (nSPS) is 22.8. The standard InChI is InChI=1S/C13H16O5/c1-16-8-3-4-11(17-2)10(7-8)12-9(13(14)15)5-6-18-12/h3-4,7,9,12H,5-6H2,1-2H3,(H,14,15). The molecule has 98 valence electrons. The van der Waals surface area contributed by atoms with Gasteiger partial charge >= 0.3 is 5.97 Å². The Labute approximate surface area is 105 Å². The van der Waals surface area contributed by atoms with Gasteiger partial charge in [-0.2, -0.15) is 0 Å². The lowest BCUT2D eigenvalue weighted by Crippen LogP contribution is -2.18. The topological polar surface area (TPSA) is 65.0 Å². The third-order valence-electron chi connectivity index (χ3n) is 3.15. The van der Waals surface area contributed by atoms with E-state index >= 15 is 0 Å². The molecule has 0 aromatic heterocycles. The van der Waals surface area contributed by atoms with Crippen molar-refractivity contribution < 1.29 is 24.1 Å². The van der Waals surface area contributed by atoms with Crippen LogP contribution >= 0.6 is 0 Å². The summed E-state index contributed by atoms with van der Waals surface area (Å²) in [5.74, 6) is -0.104. The average molecular weight is 252 g/mol. The maximum Gasteiger partial charge on any atom is 0.309 e. The van der Waals surface area contributed by atoms with Crippen LogP contribution in [0, 0.1) is 5.92 Å². The lowest BCUT2D eigenvalue weighted by atomic mass is 9.94. The monoisotopic (exact) mass is 252 g/mol. The maximum absolute atomic E-state index is 11.2. The molecule has 2 unspecified atom stereocenters. The fourth-order valence-electron chi connectivity index (χ4n) is 2.21. The molecule has 1 heterocycles. The fraction of sp³-hybridized carbons (Fsp3) is 0.462. The molecule has 5 heteroatoms. The second-order valence-electron chi connectivity index (χ2n) is 4.13. The van der Waals surface area contributed by atoms with Gasteiger partial charge in [-0.3, -0.25) is 4.79 Å². The molecule has 2 rings (SSSR count). The Kier molecular flexibility index (Phi) is 3.72. The zero-order valence-electron chi connectivity index (χ0n) is 10.4. The van der Waals surface area contributed by atoms with Crippen molar-refractivity contribution in [1.82, 2.24) is 0 Å². The summed E-state index contributed by atoms with van der Waals surface area (Å²) in [7, 11) is 3.12. The molecule has 1 fully saturated rings. The largest absolute Gasteiger partial charge is 0.497 e. The Morgan fingerprint density at radius 3 is 2.78 bits per heavy atom. The number of benzene rings is 1. The van der Waals surface area contributed by atoms with Gasteiger partial charge in [0.15, 0.2) is 0 Å². The lowest BCUT2D eigenvalue weighted by molar-refractivity contribution is -0.143. The van der Waals surface area contributed by atoms with Crippen molar-refractivity contribution in [3.63, 3.8) is 0 Å². The third-order valence-corrected chi connectivity index (χ3v) is 3.15.